The van der Waals surface area contributed by atoms with Gasteiger partial charge in [-0.15, -0.1) is 11.3 Å². The molecule has 0 aliphatic heterocycles. The fraction of sp³-hybridized carbons (Fsp3) is 0.154. The van der Waals surface area contributed by atoms with Gasteiger partial charge in [-0.2, -0.15) is 0 Å². The summed E-state index contributed by atoms with van der Waals surface area (Å²) in [5, 5.41) is 13.3. The van der Waals surface area contributed by atoms with Crippen molar-refractivity contribution in [2.24, 2.45) is 0 Å². The molecule has 1 aromatic carbocycles. The average Bonchev–Trinajstić information content (AvgIpc) is 2.85. The van der Waals surface area contributed by atoms with Crippen molar-refractivity contribution in [3.05, 3.63) is 35.3 Å². The smallest absolute Gasteiger partial charge is 0.322 e. The summed E-state index contributed by atoms with van der Waals surface area (Å²) in [7, 11) is 0. The van der Waals surface area contributed by atoms with E-state index in [2.05, 4.69) is 10.3 Å². The van der Waals surface area contributed by atoms with Crippen LogP contribution in [0.25, 0.3) is 10.6 Å². The van der Waals surface area contributed by atoms with Crippen LogP contribution in [0.4, 0.5) is 5.69 Å². The summed E-state index contributed by atoms with van der Waals surface area (Å²) in [6, 6.07) is 7.36. The van der Waals surface area contributed by atoms with Crippen LogP contribution in [0.15, 0.2) is 29.6 Å². The van der Waals surface area contributed by atoms with Crippen LogP contribution >= 0.6 is 11.3 Å². The van der Waals surface area contributed by atoms with E-state index in [4.69, 9.17) is 10.8 Å². The number of hydrogen-bond donors (Lipinski definition) is 3. The van der Waals surface area contributed by atoms with E-state index in [-0.39, 0.29) is 18.9 Å². The van der Waals surface area contributed by atoms with Crippen molar-refractivity contribution in [2.75, 3.05) is 12.3 Å². The van der Waals surface area contributed by atoms with E-state index >= 15 is 0 Å². The molecule has 7 heteroatoms. The number of nitrogens with one attached hydrogen (secondary N) is 1. The summed E-state index contributed by atoms with van der Waals surface area (Å²) in [5.41, 5.74) is 7.92. The molecule has 0 saturated carbocycles. The Kier molecular flexibility index (Phi) is 4.31. The second kappa shape index (κ2) is 6.16. The summed E-state index contributed by atoms with van der Waals surface area (Å²) >= 11 is 1.40. The first-order valence-electron chi connectivity index (χ1n) is 5.84. The maximum Gasteiger partial charge on any atom is 0.322 e. The maximum atomic E-state index is 11.5. The molecular formula is C13H13N3O3S. The minimum absolute atomic E-state index is 0.0521. The summed E-state index contributed by atoms with van der Waals surface area (Å²) < 4.78 is 0. The van der Waals surface area contributed by atoms with Crippen molar-refractivity contribution < 1.29 is 14.7 Å². The van der Waals surface area contributed by atoms with Gasteiger partial charge in [0.2, 0.25) is 5.91 Å². The molecule has 20 heavy (non-hydrogen) atoms. The van der Waals surface area contributed by atoms with E-state index in [0.717, 1.165) is 10.6 Å². The van der Waals surface area contributed by atoms with Gasteiger partial charge in [-0.1, -0.05) is 12.1 Å². The molecular weight excluding hydrogens is 278 g/mol. The highest BCUT2D eigenvalue weighted by atomic mass is 32.1. The summed E-state index contributed by atoms with van der Waals surface area (Å²) in [5.74, 6) is -1.44. The largest absolute Gasteiger partial charge is 0.480 e. The number of aliphatic carboxylic acids is 1. The van der Waals surface area contributed by atoms with Crippen LogP contribution in [0.2, 0.25) is 0 Å². The fourth-order valence-corrected chi connectivity index (χ4v) is 2.47. The molecule has 0 aliphatic rings. The Bertz CT molecular complexity index is 639. The van der Waals surface area contributed by atoms with Crippen LogP contribution in [-0.4, -0.2) is 28.5 Å². The van der Waals surface area contributed by atoms with Crippen molar-refractivity contribution >= 4 is 28.9 Å². The topological polar surface area (TPSA) is 105 Å². The lowest BCUT2D eigenvalue weighted by Gasteiger charge is -2.01. The molecule has 1 aromatic heterocycles. The number of nitrogens with zero attached hydrogens (tertiary/aromatic N) is 1. The van der Waals surface area contributed by atoms with Gasteiger partial charge in [0.05, 0.1) is 12.1 Å². The van der Waals surface area contributed by atoms with Crippen LogP contribution in [0.1, 0.15) is 5.69 Å². The zero-order valence-corrected chi connectivity index (χ0v) is 11.3. The predicted molar refractivity (Wildman–Crippen MR) is 76.3 cm³/mol. The lowest BCUT2D eigenvalue weighted by molar-refractivity contribution is -0.137. The second-order valence-electron chi connectivity index (χ2n) is 4.08. The minimum atomic E-state index is -1.07. The molecule has 4 N–H and O–H groups in total. The van der Waals surface area contributed by atoms with E-state index in [0.29, 0.717) is 11.4 Å². The lowest BCUT2D eigenvalue weighted by atomic mass is 10.2. The van der Waals surface area contributed by atoms with Gasteiger partial charge in [0.1, 0.15) is 11.6 Å². The zero-order valence-electron chi connectivity index (χ0n) is 10.5. The van der Waals surface area contributed by atoms with E-state index in [1.807, 2.05) is 18.2 Å². The van der Waals surface area contributed by atoms with Gasteiger partial charge in [0.15, 0.2) is 0 Å². The normalized spacial score (nSPS) is 10.2. The molecule has 0 radical (unpaired) electrons. The number of rotatable bonds is 5. The monoisotopic (exact) mass is 291 g/mol. The Morgan fingerprint density at radius 3 is 2.80 bits per heavy atom. The van der Waals surface area contributed by atoms with Crippen molar-refractivity contribution in [3.8, 4) is 10.6 Å². The van der Waals surface area contributed by atoms with Crippen molar-refractivity contribution in [1.82, 2.24) is 10.3 Å². The summed E-state index contributed by atoms with van der Waals surface area (Å²) in [6.07, 6.45) is 0.0521. The quantitative estimate of drug-likeness (QED) is 0.716. The SMILES string of the molecule is Nc1ccccc1-c1nc(CC(=O)NCC(=O)O)cs1. The summed E-state index contributed by atoms with van der Waals surface area (Å²) in [4.78, 5) is 26.2. The number of anilines is 1. The number of amides is 1. The Morgan fingerprint density at radius 1 is 1.35 bits per heavy atom. The van der Waals surface area contributed by atoms with Gasteiger partial charge in [-0.25, -0.2) is 4.98 Å². The van der Waals surface area contributed by atoms with Gasteiger partial charge in [0.25, 0.3) is 0 Å². The standard InChI is InChI=1S/C13H13N3O3S/c14-10-4-2-1-3-9(10)13-16-8(7-20-13)5-11(17)15-6-12(18)19/h1-4,7H,5-6,14H2,(H,15,17)(H,18,19). The molecule has 0 fully saturated rings. The van der Waals surface area contributed by atoms with Gasteiger partial charge >= 0.3 is 5.97 Å². The number of carbonyl (C=O) groups excluding carboxylic acids is 1. The Labute approximate surface area is 119 Å². The van der Waals surface area contributed by atoms with Gasteiger partial charge in [-0.05, 0) is 12.1 Å². The molecule has 6 nitrogen and oxygen atoms in total. The minimum Gasteiger partial charge on any atom is -0.480 e. The van der Waals surface area contributed by atoms with Gasteiger partial charge in [0, 0.05) is 16.6 Å². The first-order chi connectivity index (χ1) is 9.56. The van der Waals surface area contributed by atoms with Crippen molar-refractivity contribution in [3.63, 3.8) is 0 Å². The van der Waals surface area contributed by atoms with Crippen LogP contribution in [0.5, 0.6) is 0 Å². The van der Waals surface area contributed by atoms with Gasteiger partial charge in [-0.3, -0.25) is 9.59 Å². The Hall–Kier alpha value is -2.41. The third-order valence-corrected chi connectivity index (χ3v) is 3.45. The summed E-state index contributed by atoms with van der Waals surface area (Å²) in [6.45, 7) is -0.387. The molecule has 0 saturated heterocycles. The molecule has 0 aliphatic carbocycles. The molecule has 1 heterocycles. The van der Waals surface area contributed by atoms with Crippen LogP contribution in [-0.2, 0) is 16.0 Å². The molecule has 0 atom stereocenters. The number of nitrogens with two attached hydrogens (primary N) is 1. The van der Waals surface area contributed by atoms with Crippen molar-refractivity contribution in [1.29, 1.82) is 0 Å². The highest BCUT2D eigenvalue weighted by Gasteiger charge is 2.11. The van der Waals surface area contributed by atoms with Gasteiger partial charge < -0.3 is 16.2 Å². The van der Waals surface area contributed by atoms with E-state index in [1.165, 1.54) is 11.3 Å². The van der Waals surface area contributed by atoms with Crippen LogP contribution in [0.3, 0.4) is 0 Å². The third kappa shape index (κ3) is 3.55. The number of carbonyl (C=O) groups is 2. The number of hydrogen-bond acceptors (Lipinski definition) is 5. The number of carboxylic acids is 1. The van der Waals surface area contributed by atoms with Crippen molar-refractivity contribution in [2.45, 2.75) is 6.42 Å². The number of aromatic nitrogens is 1. The molecule has 2 aromatic rings. The molecule has 0 spiro atoms. The van der Waals surface area contributed by atoms with E-state index in [1.54, 1.807) is 11.4 Å². The Balaban J connectivity index is 2.04. The molecule has 2 rings (SSSR count). The third-order valence-electron chi connectivity index (χ3n) is 2.52. The first-order valence-corrected chi connectivity index (χ1v) is 6.72. The fourth-order valence-electron chi connectivity index (χ4n) is 1.60. The number of carboxylic acid groups (broad SMARTS) is 1. The molecule has 0 bridgehead atoms. The number of para-hydroxylation sites is 1. The lowest BCUT2D eigenvalue weighted by Crippen LogP contribution is -2.30. The number of nitrogen functional groups attached to an aromatic ring is 1. The highest BCUT2D eigenvalue weighted by Crippen LogP contribution is 2.28. The van der Waals surface area contributed by atoms with E-state index in [9.17, 15) is 9.59 Å². The zero-order chi connectivity index (χ0) is 14.5. The Morgan fingerprint density at radius 2 is 2.10 bits per heavy atom. The van der Waals surface area contributed by atoms with E-state index < -0.39 is 5.97 Å². The van der Waals surface area contributed by atoms with Crippen LogP contribution in [0, 0.1) is 0 Å². The van der Waals surface area contributed by atoms with Crippen LogP contribution < -0.4 is 11.1 Å². The average molecular weight is 291 g/mol. The molecule has 0 unspecified atom stereocenters. The maximum absolute atomic E-state index is 11.5. The first kappa shape index (κ1) is 14.0. The number of thiazole rings is 1. The second-order valence-corrected chi connectivity index (χ2v) is 4.94. The highest BCUT2D eigenvalue weighted by molar-refractivity contribution is 7.13. The predicted octanol–water partition coefficient (Wildman–Crippen LogP) is 1.14. The number of benzene rings is 1. The molecule has 104 valence electrons. The molecule has 1 amide bonds.